The van der Waals surface area contributed by atoms with Gasteiger partial charge in [-0.25, -0.2) is 0 Å². The summed E-state index contributed by atoms with van der Waals surface area (Å²) in [7, 11) is 1.69. The molecule has 0 radical (unpaired) electrons. The zero-order valence-corrected chi connectivity index (χ0v) is 15.4. The number of piperidine rings is 1. The van der Waals surface area contributed by atoms with E-state index in [0.29, 0.717) is 0 Å². The SMILES string of the molecule is COc1ccccc1N1CCC(NC(=O)C(C)(N)c2ccccc2)CC1. The molecule has 5 nitrogen and oxygen atoms in total. The van der Waals surface area contributed by atoms with Gasteiger partial charge in [-0.15, -0.1) is 0 Å². The number of carbonyl (C=O) groups excluding carboxylic acids is 1. The Bertz CT molecular complexity index is 738. The van der Waals surface area contributed by atoms with Crippen LogP contribution < -0.4 is 20.7 Å². The molecular formula is C21H27N3O2. The Balaban J connectivity index is 1.59. The summed E-state index contributed by atoms with van der Waals surface area (Å²) in [5, 5.41) is 3.14. The van der Waals surface area contributed by atoms with Crippen molar-refractivity contribution in [3.8, 4) is 5.75 Å². The Morgan fingerprint density at radius 3 is 2.38 bits per heavy atom. The van der Waals surface area contributed by atoms with Crippen molar-refractivity contribution in [3.05, 3.63) is 60.2 Å². The summed E-state index contributed by atoms with van der Waals surface area (Å²) in [4.78, 5) is 15.0. The van der Waals surface area contributed by atoms with Gasteiger partial charge >= 0.3 is 0 Å². The van der Waals surface area contributed by atoms with E-state index in [4.69, 9.17) is 10.5 Å². The summed E-state index contributed by atoms with van der Waals surface area (Å²) in [5.41, 5.74) is 7.22. The Morgan fingerprint density at radius 1 is 1.12 bits per heavy atom. The van der Waals surface area contributed by atoms with Gasteiger partial charge in [-0.1, -0.05) is 42.5 Å². The second-order valence-corrected chi connectivity index (χ2v) is 6.98. The van der Waals surface area contributed by atoms with Crippen molar-refractivity contribution in [1.82, 2.24) is 5.32 Å². The fourth-order valence-electron chi connectivity index (χ4n) is 3.41. The predicted octanol–water partition coefficient (Wildman–Crippen LogP) is 2.65. The topological polar surface area (TPSA) is 67.6 Å². The molecule has 5 heteroatoms. The van der Waals surface area contributed by atoms with Crippen molar-refractivity contribution in [2.45, 2.75) is 31.3 Å². The quantitative estimate of drug-likeness (QED) is 0.867. The number of carbonyl (C=O) groups is 1. The second kappa shape index (κ2) is 7.79. The molecule has 2 aromatic carbocycles. The summed E-state index contributed by atoms with van der Waals surface area (Å²) in [6.07, 6.45) is 1.77. The van der Waals surface area contributed by atoms with Crippen LogP contribution in [0.1, 0.15) is 25.3 Å². The lowest BCUT2D eigenvalue weighted by Gasteiger charge is -2.36. The average molecular weight is 353 g/mol. The number of hydrogen-bond acceptors (Lipinski definition) is 4. The molecule has 138 valence electrons. The van der Waals surface area contributed by atoms with Crippen LogP contribution in [-0.4, -0.2) is 32.1 Å². The van der Waals surface area contributed by atoms with Crippen LogP contribution in [0.2, 0.25) is 0 Å². The van der Waals surface area contributed by atoms with E-state index in [1.807, 2.05) is 48.5 Å². The fraction of sp³-hybridized carbons (Fsp3) is 0.381. The van der Waals surface area contributed by atoms with Crippen LogP contribution >= 0.6 is 0 Å². The number of rotatable bonds is 5. The zero-order chi connectivity index (χ0) is 18.6. The van der Waals surface area contributed by atoms with E-state index >= 15 is 0 Å². The molecule has 0 aliphatic carbocycles. The van der Waals surface area contributed by atoms with Gasteiger partial charge in [0.05, 0.1) is 12.8 Å². The van der Waals surface area contributed by atoms with Crippen LogP contribution in [0.4, 0.5) is 5.69 Å². The summed E-state index contributed by atoms with van der Waals surface area (Å²) >= 11 is 0. The van der Waals surface area contributed by atoms with Gasteiger partial charge in [0, 0.05) is 19.1 Å². The van der Waals surface area contributed by atoms with Crippen LogP contribution in [0.25, 0.3) is 0 Å². The van der Waals surface area contributed by atoms with Crippen molar-refractivity contribution in [2.75, 3.05) is 25.1 Å². The maximum atomic E-state index is 12.7. The molecule has 1 fully saturated rings. The molecule has 3 N–H and O–H groups in total. The second-order valence-electron chi connectivity index (χ2n) is 6.98. The van der Waals surface area contributed by atoms with E-state index in [9.17, 15) is 4.79 Å². The minimum Gasteiger partial charge on any atom is -0.495 e. The third kappa shape index (κ3) is 3.83. The van der Waals surface area contributed by atoms with Gasteiger partial charge < -0.3 is 20.7 Å². The van der Waals surface area contributed by atoms with Gasteiger partial charge in [0.1, 0.15) is 11.3 Å². The molecule has 1 amide bonds. The number of para-hydroxylation sites is 2. The molecule has 26 heavy (non-hydrogen) atoms. The molecule has 1 aliphatic rings. The largest absolute Gasteiger partial charge is 0.495 e. The smallest absolute Gasteiger partial charge is 0.244 e. The highest BCUT2D eigenvalue weighted by Crippen LogP contribution is 2.30. The average Bonchev–Trinajstić information content (AvgIpc) is 2.69. The molecule has 0 aromatic heterocycles. The van der Waals surface area contributed by atoms with Crippen LogP contribution in [0, 0.1) is 0 Å². The van der Waals surface area contributed by atoms with Gasteiger partial charge in [0.15, 0.2) is 0 Å². The molecule has 0 saturated carbocycles. The Hall–Kier alpha value is -2.53. The standard InChI is InChI=1S/C21H27N3O2/c1-21(22,16-8-4-3-5-9-16)20(25)23-17-12-14-24(15-13-17)18-10-6-7-11-19(18)26-2/h3-11,17H,12-15,22H2,1-2H3,(H,23,25). The molecule has 1 heterocycles. The highest BCUT2D eigenvalue weighted by Gasteiger charge is 2.32. The zero-order valence-electron chi connectivity index (χ0n) is 15.4. The van der Waals surface area contributed by atoms with E-state index < -0.39 is 5.54 Å². The molecule has 0 spiro atoms. The first-order valence-corrected chi connectivity index (χ1v) is 9.05. The molecular weight excluding hydrogens is 326 g/mol. The summed E-state index contributed by atoms with van der Waals surface area (Å²) < 4.78 is 5.46. The van der Waals surface area contributed by atoms with Crippen molar-refractivity contribution in [1.29, 1.82) is 0 Å². The van der Waals surface area contributed by atoms with Crippen molar-refractivity contribution in [2.24, 2.45) is 5.73 Å². The predicted molar refractivity (Wildman–Crippen MR) is 104 cm³/mol. The highest BCUT2D eigenvalue weighted by molar-refractivity contribution is 5.87. The molecule has 1 unspecified atom stereocenters. The maximum Gasteiger partial charge on any atom is 0.244 e. The molecule has 1 saturated heterocycles. The number of nitrogens with two attached hydrogens (primary N) is 1. The van der Waals surface area contributed by atoms with Crippen LogP contribution in [0.3, 0.4) is 0 Å². The van der Waals surface area contributed by atoms with Crippen LogP contribution in [0.15, 0.2) is 54.6 Å². The molecule has 0 bridgehead atoms. The Labute approximate surface area is 155 Å². The molecule has 3 rings (SSSR count). The monoisotopic (exact) mass is 353 g/mol. The number of nitrogens with one attached hydrogen (secondary N) is 1. The molecule has 1 atom stereocenters. The number of ether oxygens (including phenoxy) is 1. The number of nitrogens with zero attached hydrogens (tertiary/aromatic N) is 1. The lowest BCUT2D eigenvalue weighted by molar-refractivity contribution is -0.127. The van der Waals surface area contributed by atoms with Crippen molar-refractivity contribution in [3.63, 3.8) is 0 Å². The van der Waals surface area contributed by atoms with Gasteiger partial charge in [0.2, 0.25) is 5.91 Å². The first-order valence-electron chi connectivity index (χ1n) is 9.05. The van der Waals surface area contributed by atoms with Crippen LogP contribution in [-0.2, 0) is 10.3 Å². The van der Waals surface area contributed by atoms with Crippen molar-refractivity contribution >= 4 is 11.6 Å². The molecule has 1 aliphatic heterocycles. The first kappa shape index (κ1) is 18.3. The van der Waals surface area contributed by atoms with Crippen LogP contribution in [0.5, 0.6) is 5.75 Å². The lowest BCUT2D eigenvalue weighted by Crippen LogP contribution is -2.54. The van der Waals surface area contributed by atoms with E-state index in [2.05, 4.69) is 16.3 Å². The fourth-order valence-corrected chi connectivity index (χ4v) is 3.41. The van der Waals surface area contributed by atoms with E-state index in [-0.39, 0.29) is 11.9 Å². The Morgan fingerprint density at radius 2 is 1.73 bits per heavy atom. The first-order chi connectivity index (χ1) is 12.5. The number of benzene rings is 2. The summed E-state index contributed by atoms with van der Waals surface area (Å²) in [5.74, 6) is 0.757. The number of methoxy groups -OCH3 is 1. The van der Waals surface area contributed by atoms with Gasteiger partial charge in [-0.2, -0.15) is 0 Å². The van der Waals surface area contributed by atoms with E-state index in [1.165, 1.54) is 0 Å². The number of amides is 1. The number of anilines is 1. The van der Waals surface area contributed by atoms with E-state index in [0.717, 1.165) is 42.9 Å². The van der Waals surface area contributed by atoms with E-state index in [1.54, 1.807) is 14.0 Å². The third-order valence-electron chi connectivity index (χ3n) is 5.10. The van der Waals surface area contributed by atoms with Crippen molar-refractivity contribution < 1.29 is 9.53 Å². The number of hydrogen-bond donors (Lipinski definition) is 2. The van der Waals surface area contributed by atoms with Gasteiger partial charge in [-0.3, -0.25) is 4.79 Å². The minimum atomic E-state index is -1.03. The Kier molecular flexibility index (Phi) is 5.47. The molecule has 2 aromatic rings. The van der Waals surface area contributed by atoms with Gasteiger partial charge in [0.25, 0.3) is 0 Å². The minimum absolute atomic E-state index is 0.126. The normalized spacial score (nSPS) is 17.4. The summed E-state index contributed by atoms with van der Waals surface area (Å²) in [6.45, 7) is 3.51. The maximum absolute atomic E-state index is 12.7. The third-order valence-corrected chi connectivity index (χ3v) is 5.10. The summed E-state index contributed by atoms with van der Waals surface area (Å²) in [6, 6.07) is 17.7. The highest BCUT2D eigenvalue weighted by atomic mass is 16.5. The van der Waals surface area contributed by atoms with Gasteiger partial charge in [-0.05, 0) is 37.5 Å². The lowest BCUT2D eigenvalue weighted by atomic mass is 9.91.